The van der Waals surface area contributed by atoms with Gasteiger partial charge in [-0.05, 0) is 111 Å². The Labute approximate surface area is 339 Å². The van der Waals surface area contributed by atoms with Crippen LogP contribution in [0.2, 0.25) is 0 Å². The molecule has 320 valence electrons. The molecule has 0 aliphatic carbocycles. The second-order valence-corrected chi connectivity index (χ2v) is 14.8. The zero-order valence-electron chi connectivity index (χ0n) is 35.1. The smallest absolute Gasteiger partial charge is 0.333 e. The van der Waals surface area contributed by atoms with Gasteiger partial charge in [-0.3, -0.25) is 4.79 Å². The molecular formula is C46H68F6N4O. The van der Waals surface area contributed by atoms with E-state index >= 15 is 0 Å². The second-order valence-electron chi connectivity index (χ2n) is 14.8. The first-order valence-corrected chi connectivity index (χ1v) is 21.1. The van der Waals surface area contributed by atoms with E-state index in [1.54, 1.807) is 17.0 Å². The molecule has 0 fully saturated rings. The molecule has 1 N–H and O–H groups in total. The topological polar surface area (TPSA) is 38.8 Å². The third-order valence-corrected chi connectivity index (χ3v) is 9.89. The quantitative estimate of drug-likeness (QED) is 0.0684. The zero-order chi connectivity index (χ0) is 42.1. The first kappa shape index (κ1) is 49.7. The van der Waals surface area contributed by atoms with E-state index in [2.05, 4.69) is 49.7 Å². The molecule has 0 heterocycles. The van der Waals surface area contributed by atoms with Crippen LogP contribution in [0, 0.1) is 0 Å². The molecular weight excluding hydrogens is 739 g/mol. The van der Waals surface area contributed by atoms with E-state index in [0.717, 1.165) is 114 Å². The average Bonchev–Trinajstić information content (AvgIpc) is 3.19. The maximum absolute atomic E-state index is 13.4. The van der Waals surface area contributed by atoms with E-state index in [-0.39, 0.29) is 12.5 Å². The van der Waals surface area contributed by atoms with E-state index in [4.69, 9.17) is 0 Å². The zero-order valence-corrected chi connectivity index (χ0v) is 35.1. The third-order valence-electron chi connectivity index (χ3n) is 9.89. The minimum atomic E-state index is -4.37. The van der Waals surface area contributed by atoms with Crippen LogP contribution in [0.1, 0.15) is 131 Å². The van der Waals surface area contributed by atoms with Crippen LogP contribution in [0.5, 0.6) is 0 Å². The molecule has 0 spiro atoms. The lowest BCUT2D eigenvalue weighted by molar-refractivity contribution is -0.138. The molecule has 0 radical (unpaired) electrons. The number of amides is 1. The Kier molecular flexibility index (Phi) is 23.8. The summed E-state index contributed by atoms with van der Waals surface area (Å²) in [4.78, 5) is 20.0. The summed E-state index contributed by atoms with van der Waals surface area (Å²) in [6, 6.07) is 18.2. The highest BCUT2D eigenvalue weighted by Crippen LogP contribution is 2.30. The largest absolute Gasteiger partial charge is 0.416 e. The fraction of sp³-hybridized carbons (Fsp3) is 0.587. The predicted octanol–water partition coefficient (Wildman–Crippen LogP) is 11.9. The van der Waals surface area contributed by atoms with Crippen molar-refractivity contribution in [3.63, 3.8) is 0 Å². The van der Waals surface area contributed by atoms with Gasteiger partial charge in [-0.25, -0.2) is 0 Å². The Balaban J connectivity index is 0.000000425. The van der Waals surface area contributed by atoms with Crippen LogP contribution in [0.25, 0.3) is 0 Å². The van der Waals surface area contributed by atoms with Crippen molar-refractivity contribution in [2.45, 2.75) is 124 Å². The van der Waals surface area contributed by atoms with Crippen LogP contribution >= 0.6 is 0 Å². The van der Waals surface area contributed by atoms with Gasteiger partial charge in [0.15, 0.2) is 0 Å². The van der Waals surface area contributed by atoms with Gasteiger partial charge in [0, 0.05) is 44.8 Å². The molecule has 0 aliphatic rings. The summed E-state index contributed by atoms with van der Waals surface area (Å²) in [7, 11) is 0. The van der Waals surface area contributed by atoms with Gasteiger partial charge < -0.3 is 20.0 Å². The minimum Gasteiger partial charge on any atom is -0.333 e. The van der Waals surface area contributed by atoms with Crippen molar-refractivity contribution in [3.8, 4) is 0 Å². The van der Waals surface area contributed by atoms with Crippen molar-refractivity contribution >= 4 is 5.91 Å². The molecule has 0 atom stereocenters. The highest BCUT2D eigenvalue weighted by Gasteiger charge is 2.31. The Morgan fingerprint density at radius 3 is 1.35 bits per heavy atom. The number of alkyl halides is 6. The van der Waals surface area contributed by atoms with Crippen molar-refractivity contribution in [1.29, 1.82) is 0 Å². The molecule has 3 aromatic rings. The molecule has 11 heteroatoms. The fourth-order valence-corrected chi connectivity index (χ4v) is 6.30. The molecule has 0 bridgehead atoms. The van der Waals surface area contributed by atoms with E-state index in [9.17, 15) is 31.1 Å². The lowest BCUT2D eigenvalue weighted by Gasteiger charge is -2.28. The number of rotatable bonds is 25. The number of unbranched alkanes of at least 4 members (excludes halogenated alkanes) is 4. The lowest BCUT2D eigenvalue weighted by Crippen LogP contribution is -2.39. The van der Waals surface area contributed by atoms with Gasteiger partial charge in [-0.15, -0.1) is 0 Å². The van der Waals surface area contributed by atoms with Gasteiger partial charge in [0.05, 0.1) is 11.1 Å². The summed E-state index contributed by atoms with van der Waals surface area (Å²) < 4.78 is 76.4. The normalized spacial score (nSPS) is 11.9. The molecule has 57 heavy (non-hydrogen) atoms. The molecule has 3 rings (SSSR count). The van der Waals surface area contributed by atoms with Gasteiger partial charge in [0.2, 0.25) is 0 Å². The maximum atomic E-state index is 13.4. The number of benzene rings is 3. The lowest BCUT2D eigenvalue weighted by atomic mass is 10.1. The summed E-state index contributed by atoms with van der Waals surface area (Å²) in [5.41, 5.74) is 2.11. The SMILES string of the molecule is CCCCN(CCCC)CCN(Cc1ccc(C(F)(F)F)cc1)C(=O)c1ccc(CCC)cc1.CCCCN(CCCC)CCNCc1ccc(C(F)(F)F)cc1. The Bertz CT molecular complexity index is 1460. The van der Waals surface area contributed by atoms with Crippen molar-refractivity contribution in [1.82, 2.24) is 20.0 Å². The van der Waals surface area contributed by atoms with E-state index in [1.807, 2.05) is 24.3 Å². The van der Waals surface area contributed by atoms with Crippen LogP contribution in [0.3, 0.4) is 0 Å². The number of carbonyl (C=O) groups is 1. The highest BCUT2D eigenvalue weighted by molar-refractivity contribution is 5.94. The second kappa shape index (κ2) is 27.3. The number of aryl methyl sites for hydroxylation is 1. The molecule has 5 nitrogen and oxygen atoms in total. The van der Waals surface area contributed by atoms with Crippen LogP contribution in [-0.4, -0.2) is 73.0 Å². The van der Waals surface area contributed by atoms with Crippen molar-refractivity contribution in [3.05, 3.63) is 106 Å². The van der Waals surface area contributed by atoms with Crippen LogP contribution in [-0.2, 0) is 31.9 Å². The molecule has 0 aliphatic heterocycles. The van der Waals surface area contributed by atoms with Crippen LogP contribution in [0.15, 0.2) is 72.8 Å². The standard InChI is InChI=1S/C28H39F3N2O.C18H29F3N2/c1-4-7-18-32(19-8-5-2)20-21-33(22-24-12-16-26(17-13-24)28(29,30)31)27(34)25-14-10-23(9-6-3)11-15-25;1-3-5-12-23(13-6-4-2)14-11-22-15-16-7-9-17(10-8-16)18(19,20)21/h10-17H,4-9,18-22H2,1-3H3;7-10,22H,3-6,11-15H2,1-2H3. The van der Waals surface area contributed by atoms with Crippen LogP contribution < -0.4 is 5.32 Å². The number of carbonyl (C=O) groups excluding carboxylic acids is 1. The van der Waals surface area contributed by atoms with Crippen molar-refractivity contribution in [2.24, 2.45) is 0 Å². The van der Waals surface area contributed by atoms with E-state index in [1.165, 1.54) is 43.4 Å². The fourth-order valence-electron chi connectivity index (χ4n) is 6.30. The van der Waals surface area contributed by atoms with Crippen LogP contribution in [0.4, 0.5) is 26.3 Å². The molecule has 0 aromatic heterocycles. The van der Waals surface area contributed by atoms with E-state index < -0.39 is 23.5 Å². The molecule has 0 saturated carbocycles. The van der Waals surface area contributed by atoms with E-state index in [0.29, 0.717) is 24.2 Å². The monoisotopic (exact) mass is 807 g/mol. The number of nitrogens with one attached hydrogen (secondary N) is 1. The maximum Gasteiger partial charge on any atom is 0.416 e. The Morgan fingerprint density at radius 1 is 0.509 bits per heavy atom. The summed E-state index contributed by atoms with van der Waals surface area (Å²) >= 11 is 0. The number of hydrogen-bond acceptors (Lipinski definition) is 4. The predicted molar refractivity (Wildman–Crippen MR) is 222 cm³/mol. The summed E-state index contributed by atoms with van der Waals surface area (Å²) in [5.74, 6) is -0.0890. The van der Waals surface area contributed by atoms with Gasteiger partial charge >= 0.3 is 12.4 Å². The number of nitrogens with zero attached hydrogens (tertiary/aromatic N) is 3. The summed E-state index contributed by atoms with van der Waals surface area (Å²) in [5, 5.41) is 3.32. The summed E-state index contributed by atoms with van der Waals surface area (Å²) in [6.07, 6.45) is 2.63. The number of hydrogen-bond donors (Lipinski definition) is 1. The minimum absolute atomic E-state index is 0.0890. The molecule has 0 saturated heterocycles. The van der Waals surface area contributed by atoms with Gasteiger partial charge in [0.25, 0.3) is 5.91 Å². The Morgan fingerprint density at radius 2 is 0.930 bits per heavy atom. The first-order chi connectivity index (χ1) is 27.2. The first-order valence-electron chi connectivity index (χ1n) is 21.1. The van der Waals surface area contributed by atoms with Crippen molar-refractivity contribution < 1.29 is 31.1 Å². The van der Waals surface area contributed by atoms with Gasteiger partial charge in [0.1, 0.15) is 0 Å². The summed E-state index contributed by atoms with van der Waals surface area (Å²) in [6.45, 7) is 19.1. The number of halogens is 6. The highest BCUT2D eigenvalue weighted by atomic mass is 19.4. The molecule has 3 aromatic carbocycles. The average molecular weight is 807 g/mol. The molecule has 1 amide bonds. The Hall–Kier alpha value is -3.41. The molecule has 0 unspecified atom stereocenters. The van der Waals surface area contributed by atoms with Crippen molar-refractivity contribution in [2.75, 3.05) is 52.4 Å². The third kappa shape index (κ3) is 20.2. The van der Waals surface area contributed by atoms with Gasteiger partial charge in [-0.1, -0.05) is 103 Å². The van der Waals surface area contributed by atoms with Gasteiger partial charge in [-0.2, -0.15) is 26.3 Å².